The molecule has 0 amide bonds. The van der Waals surface area contributed by atoms with Crippen molar-refractivity contribution >= 4 is 30.7 Å². The van der Waals surface area contributed by atoms with E-state index in [0.717, 1.165) is 13.1 Å². The average molecular weight is 679 g/mol. The van der Waals surface area contributed by atoms with Crippen LogP contribution < -0.4 is 0 Å². The highest BCUT2D eigenvalue weighted by molar-refractivity contribution is 7.76. The average Bonchev–Trinajstić information content (AvgIpc) is 2.81. The molecule has 0 N–H and O–H groups in total. The van der Waals surface area contributed by atoms with E-state index in [0.29, 0.717) is 0 Å². The molecule has 0 aliphatic heterocycles. The molecule has 0 saturated carbocycles. The zero-order valence-corrected chi connectivity index (χ0v) is 35.0. The molecule has 0 unspecified atom stereocenters. The van der Waals surface area contributed by atoms with Crippen LogP contribution in [0.25, 0.3) is 0 Å². The van der Waals surface area contributed by atoms with Gasteiger partial charge in [-0.25, -0.2) is 28.0 Å². The van der Waals surface area contributed by atoms with Crippen molar-refractivity contribution < 1.29 is 0 Å². The Morgan fingerprint density at radius 3 is 0.619 bits per heavy atom. The van der Waals surface area contributed by atoms with Gasteiger partial charge < -0.3 is 0 Å². The molecule has 0 aromatic rings. The molecule has 0 rings (SSSR count). The molecule has 0 aliphatic carbocycles. The molecule has 0 spiro atoms. The van der Waals surface area contributed by atoms with Gasteiger partial charge in [-0.2, -0.15) is 0 Å². The molecule has 42 heavy (non-hydrogen) atoms. The summed E-state index contributed by atoms with van der Waals surface area (Å²) in [5.74, 6) is 0. The zero-order chi connectivity index (χ0) is 33.8. The zero-order valence-electron chi connectivity index (χ0n) is 31.5. The summed E-state index contributed by atoms with van der Waals surface area (Å²) in [6.45, 7) is 1.66. The quantitative estimate of drug-likeness (QED) is 0.211. The van der Waals surface area contributed by atoms with Gasteiger partial charge in [-0.3, -0.25) is 0 Å². The number of nitrogens with zero attached hydrogens (tertiary/aromatic N) is 14. The summed E-state index contributed by atoms with van der Waals surface area (Å²) in [7, 11) is 38.7. The lowest BCUT2D eigenvalue weighted by atomic mass is 10.6. The minimum Gasteiger partial charge on any atom is -0.249 e. The molecular formula is C24H70N14P4+2. The normalized spacial score (nSPS) is 14.8. The van der Waals surface area contributed by atoms with E-state index in [4.69, 9.17) is 9.03 Å². The van der Waals surface area contributed by atoms with E-state index in [1.54, 1.807) is 0 Å². The third kappa shape index (κ3) is 8.03. The maximum Gasteiger partial charge on any atom is 0.356 e. The van der Waals surface area contributed by atoms with Gasteiger partial charge in [0.25, 0.3) is 0 Å². The monoisotopic (exact) mass is 678 g/mol. The number of hydrogen-bond acceptors (Lipinski definition) is 8. The van der Waals surface area contributed by atoms with Crippen molar-refractivity contribution in [2.75, 3.05) is 168 Å². The Hall–Kier alpha value is 0.840. The molecule has 0 atom stereocenters. The van der Waals surface area contributed by atoms with Crippen molar-refractivity contribution in [2.24, 2.45) is 9.03 Å². The standard InChI is InChI=1S/C24H70N14P4/c1-27(2)39(28(3)4,29(5)6)25-41(33(13)14,34(15)16)37(21)23-24-38(22)42(35(17)18,36(19)20)26-40(30(7)8,31(9)10)32(11)12/h23-24H2,1-22H3/q+2. The Kier molecular flexibility index (Phi) is 16.9. The maximum absolute atomic E-state index is 5.89. The molecule has 254 valence electrons. The van der Waals surface area contributed by atoms with Crippen molar-refractivity contribution in [1.29, 1.82) is 0 Å². The first-order chi connectivity index (χ1) is 18.9. The SMILES string of the molecule is CN(C)P(=N[P+](N(C)C)(N(C)C)N(C)CCN(C)[P+](N=P(N(C)C)(N(C)C)N(C)C)(N(C)C)N(C)C)(N(C)C)N(C)C. The second-order valence-electron chi connectivity index (χ2n) is 12.6. The van der Waals surface area contributed by atoms with E-state index in [-0.39, 0.29) is 0 Å². The summed E-state index contributed by atoms with van der Waals surface area (Å²) in [5, 5.41) is 0. The topological polar surface area (TPSA) is 63.6 Å². The van der Waals surface area contributed by atoms with Gasteiger partial charge in [0.05, 0.1) is 13.1 Å². The first kappa shape index (κ1) is 42.8. The molecule has 0 radical (unpaired) electrons. The van der Waals surface area contributed by atoms with Crippen LogP contribution in [0.15, 0.2) is 9.03 Å². The van der Waals surface area contributed by atoms with Gasteiger partial charge in [0, 0.05) is 70.5 Å². The second-order valence-corrected chi connectivity index (χ2v) is 27.7. The van der Waals surface area contributed by atoms with E-state index < -0.39 is 30.7 Å². The Morgan fingerprint density at radius 1 is 0.333 bits per heavy atom. The van der Waals surface area contributed by atoms with Gasteiger partial charge in [-0.1, -0.05) is 0 Å². The predicted molar refractivity (Wildman–Crippen MR) is 195 cm³/mol. The Bertz CT molecular complexity index is 787. The van der Waals surface area contributed by atoms with Crippen molar-refractivity contribution in [2.45, 2.75) is 0 Å². The summed E-state index contributed by atoms with van der Waals surface area (Å²) < 4.78 is 39.9. The largest absolute Gasteiger partial charge is 0.356 e. The number of hydrogen-bond donors (Lipinski definition) is 0. The van der Waals surface area contributed by atoms with E-state index in [1.165, 1.54) is 0 Å². The van der Waals surface area contributed by atoms with Crippen LogP contribution in [0.2, 0.25) is 0 Å². The summed E-state index contributed by atoms with van der Waals surface area (Å²) in [6.07, 6.45) is 0. The maximum atomic E-state index is 5.89. The van der Waals surface area contributed by atoms with E-state index >= 15 is 0 Å². The van der Waals surface area contributed by atoms with Crippen LogP contribution in [0.3, 0.4) is 0 Å². The minimum atomic E-state index is -2.30. The van der Waals surface area contributed by atoms with Crippen LogP contribution in [-0.4, -0.2) is 224 Å². The summed E-state index contributed by atoms with van der Waals surface area (Å²) in [4.78, 5) is 0. The van der Waals surface area contributed by atoms with Gasteiger partial charge in [0.1, 0.15) is 0 Å². The predicted octanol–water partition coefficient (Wildman–Crippen LogP) is 3.71. The lowest BCUT2D eigenvalue weighted by Gasteiger charge is -2.45. The smallest absolute Gasteiger partial charge is 0.249 e. The van der Waals surface area contributed by atoms with Gasteiger partial charge in [0.2, 0.25) is 15.0 Å². The Balaban J connectivity index is 7.28. The lowest BCUT2D eigenvalue weighted by molar-refractivity contribution is 0.360. The summed E-state index contributed by atoms with van der Waals surface area (Å²) >= 11 is 0. The van der Waals surface area contributed by atoms with Crippen LogP contribution in [0.5, 0.6) is 0 Å². The van der Waals surface area contributed by atoms with Crippen molar-refractivity contribution in [3.05, 3.63) is 0 Å². The lowest BCUT2D eigenvalue weighted by Crippen LogP contribution is -2.43. The molecule has 0 aliphatic rings. The van der Waals surface area contributed by atoms with E-state index in [9.17, 15) is 0 Å². The summed E-state index contributed by atoms with van der Waals surface area (Å²) in [6, 6.07) is 0. The Morgan fingerprint density at radius 2 is 0.500 bits per heavy atom. The molecule has 0 aromatic carbocycles. The third-order valence-electron chi connectivity index (χ3n) is 7.51. The van der Waals surface area contributed by atoms with Gasteiger partial charge >= 0.3 is 15.7 Å². The fraction of sp³-hybridized carbons (Fsp3) is 1.00. The van der Waals surface area contributed by atoms with Crippen LogP contribution in [-0.2, 0) is 0 Å². The number of likely N-dealkylation sites (N-methyl/N-ethyl adjacent to an activating group) is 2. The van der Waals surface area contributed by atoms with Crippen LogP contribution in [0.4, 0.5) is 0 Å². The van der Waals surface area contributed by atoms with Crippen LogP contribution in [0, 0.1) is 0 Å². The highest BCUT2D eigenvalue weighted by atomic mass is 31.2. The Labute approximate surface area is 263 Å². The van der Waals surface area contributed by atoms with Crippen LogP contribution >= 0.6 is 30.7 Å². The fourth-order valence-electron chi connectivity index (χ4n) is 5.90. The molecule has 14 nitrogen and oxygen atoms in total. The van der Waals surface area contributed by atoms with E-state index in [1.807, 2.05) is 0 Å². The van der Waals surface area contributed by atoms with Gasteiger partial charge in [0.15, 0.2) is 0 Å². The fourth-order valence-corrected chi connectivity index (χ4v) is 24.9. The third-order valence-corrected chi connectivity index (χ3v) is 24.3. The molecule has 0 fully saturated rings. The molecular weight excluding hydrogens is 608 g/mol. The second kappa shape index (κ2) is 16.6. The molecule has 0 aromatic heterocycles. The van der Waals surface area contributed by atoms with Crippen molar-refractivity contribution in [3.8, 4) is 0 Å². The molecule has 0 bridgehead atoms. The molecule has 0 saturated heterocycles. The molecule has 18 heteroatoms. The van der Waals surface area contributed by atoms with Crippen molar-refractivity contribution in [3.63, 3.8) is 0 Å². The minimum absolute atomic E-state index is 0.828. The first-order valence-electron chi connectivity index (χ1n) is 14.2. The molecule has 0 heterocycles. The summed E-state index contributed by atoms with van der Waals surface area (Å²) in [5.41, 5.74) is 0. The van der Waals surface area contributed by atoms with E-state index in [2.05, 4.69) is 211 Å². The number of rotatable bonds is 17. The first-order valence-corrected chi connectivity index (χ1v) is 20.6. The van der Waals surface area contributed by atoms with Crippen LogP contribution in [0.1, 0.15) is 0 Å². The van der Waals surface area contributed by atoms with Crippen molar-refractivity contribution in [1.82, 2.24) is 56.0 Å². The van der Waals surface area contributed by atoms with Gasteiger partial charge in [-0.05, 0) is 93.6 Å². The van der Waals surface area contributed by atoms with Gasteiger partial charge in [-0.15, -0.1) is 28.0 Å². The highest BCUT2D eigenvalue weighted by Gasteiger charge is 2.57. The highest BCUT2D eigenvalue weighted by Crippen LogP contribution is 2.76.